The second kappa shape index (κ2) is 5.86. The van der Waals surface area contributed by atoms with Crippen LogP contribution < -0.4 is 4.74 Å². The number of fused-ring (bicyclic) bond motifs is 1. The van der Waals surface area contributed by atoms with E-state index in [9.17, 15) is 5.11 Å². The van der Waals surface area contributed by atoms with E-state index in [2.05, 4.69) is 0 Å². The van der Waals surface area contributed by atoms with Gasteiger partial charge in [0.2, 0.25) is 0 Å². The van der Waals surface area contributed by atoms with Gasteiger partial charge in [0.25, 0.3) is 0 Å². The minimum absolute atomic E-state index is 0.359. The first-order chi connectivity index (χ1) is 9.75. The second-order valence-electron chi connectivity index (χ2n) is 5.11. The van der Waals surface area contributed by atoms with Gasteiger partial charge in [-0.05, 0) is 42.5 Å². The lowest BCUT2D eigenvalue weighted by atomic mass is 9.89. The van der Waals surface area contributed by atoms with E-state index in [-0.39, 0.29) is 6.10 Å². The number of halogens is 1. The largest absolute Gasteiger partial charge is 0.489 e. The van der Waals surface area contributed by atoms with Gasteiger partial charge in [-0.25, -0.2) is 0 Å². The lowest BCUT2D eigenvalue weighted by Crippen LogP contribution is -2.11. The topological polar surface area (TPSA) is 29.5 Å². The fraction of sp³-hybridized carbons (Fsp3) is 0.294. The number of hydrogen-bond donors (Lipinski definition) is 1. The first-order valence-corrected chi connectivity index (χ1v) is 7.29. The van der Waals surface area contributed by atoms with Gasteiger partial charge in [0.05, 0.1) is 6.10 Å². The summed E-state index contributed by atoms with van der Waals surface area (Å²) in [6, 6.07) is 13.6. The minimum atomic E-state index is -0.359. The maximum atomic E-state index is 10.0. The van der Waals surface area contributed by atoms with Gasteiger partial charge in [-0.1, -0.05) is 41.9 Å². The van der Waals surface area contributed by atoms with Crippen molar-refractivity contribution in [3.63, 3.8) is 0 Å². The first kappa shape index (κ1) is 13.5. The van der Waals surface area contributed by atoms with E-state index >= 15 is 0 Å². The fourth-order valence-corrected chi connectivity index (χ4v) is 2.89. The van der Waals surface area contributed by atoms with Crippen molar-refractivity contribution in [2.24, 2.45) is 0 Å². The zero-order chi connectivity index (χ0) is 13.9. The summed E-state index contributed by atoms with van der Waals surface area (Å²) >= 11 is 6.14. The molecule has 0 aromatic heterocycles. The molecule has 0 bridgehead atoms. The minimum Gasteiger partial charge on any atom is -0.489 e. The Morgan fingerprint density at radius 1 is 1.15 bits per heavy atom. The van der Waals surface area contributed by atoms with Gasteiger partial charge in [-0.3, -0.25) is 0 Å². The van der Waals surface area contributed by atoms with Gasteiger partial charge in [0.1, 0.15) is 12.4 Å². The molecule has 0 saturated heterocycles. The summed E-state index contributed by atoms with van der Waals surface area (Å²) in [5.74, 6) is 0.862. The quantitative estimate of drug-likeness (QED) is 0.913. The number of rotatable bonds is 3. The van der Waals surface area contributed by atoms with E-state index in [4.69, 9.17) is 16.3 Å². The van der Waals surface area contributed by atoms with Crippen molar-refractivity contribution in [3.8, 4) is 5.75 Å². The Hall–Kier alpha value is -1.51. The standard InChI is InChI=1S/C17H17ClO2/c18-15-8-2-1-5-12(15)11-20-17-10-4-6-13-14(17)7-3-9-16(13)19/h1-2,4-6,8,10,16,19H,3,7,9,11H2. The van der Waals surface area contributed by atoms with Gasteiger partial charge >= 0.3 is 0 Å². The molecule has 0 saturated carbocycles. The van der Waals surface area contributed by atoms with E-state index < -0.39 is 0 Å². The summed E-state index contributed by atoms with van der Waals surface area (Å²) < 4.78 is 5.92. The highest BCUT2D eigenvalue weighted by molar-refractivity contribution is 6.31. The Balaban J connectivity index is 1.82. The highest BCUT2D eigenvalue weighted by Crippen LogP contribution is 2.35. The van der Waals surface area contributed by atoms with Gasteiger partial charge < -0.3 is 9.84 Å². The summed E-state index contributed by atoms with van der Waals surface area (Å²) in [5, 5.41) is 10.8. The maximum Gasteiger partial charge on any atom is 0.123 e. The molecule has 3 heteroatoms. The highest BCUT2D eigenvalue weighted by Gasteiger charge is 2.20. The van der Waals surface area contributed by atoms with Crippen LogP contribution in [-0.4, -0.2) is 5.11 Å². The van der Waals surface area contributed by atoms with Crippen molar-refractivity contribution in [2.75, 3.05) is 0 Å². The zero-order valence-corrected chi connectivity index (χ0v) is 11.9. The normalized spacial score (nSPS) is 17.6. The third kappa shape index (κ3) is 2.67. The lowest BCUT2D eigenvalue weighted by Gasteiger charge is -2.23. The molecule has 0 radical (unpaired) electrons. The van der Waals surface area contributed by atoms with Crippen LogP contribution in [0.5, 0.6) is 5.75 Å². The Morgan fingerprint density at radius 3 is 2.85 bits per heavy atom. The summed E-state index contributed by atoms with van der Waals surface area (Å²) in [6.45, 7) is 0.451. The summed E-state index contributed by atoms with van der Waals surface area (Å²) in [4.78, 5) is 0. The molecule has 3 rings (SSSR count). The van der Waals surface area contributed by atoms with Crippen LogP contribution in [-0.2, 0) is 13.0 Å². The number of aliphatic hydroxyl groups is 1. The van der Waals surface area contributed by atoms with Gasteiger partial charge in [0.15, 0.2) is 0 Å². The molecule has 104 valence electrons. The molecule has 0 fully saturated rings. The molecule has 0 amide bonds. The molecule has 1 N–H and O–H groups in total. The van der Waals surface area contributed by atoms with Crippen LogP contribution in [0.3, 0.4) is 0 Å². The predicted octanol–water partition coefficient (Wildman–Crippen LogP) is 4.29. The van der Waals surface area contributed by atoms with Crippen molar-refractivity contribution in [3.05, 3.63) is 64.2 Å². The SMILES string of the molecule is OC1CCCc2c(OCc3ccccc3Cl)cccc21. The monoisotopic (exact) mass is 288 g/mol. The number of benzene rings is 2. The van der Waals surface area contributed by atoms with Crippen LogP contribution in [0, 0.1) is 0 Å². The van der Waals surface area contributed by atoms with Crippen LogP contribution in [0.1, 0.15) is 35.6 Å². The third-order valence-electron chi connectivity index (χ3n) is 3.77. The molecule has 1 atom stereocenters. The van der Waals surface area contributed by atoms with Crippen LogP contribution in [0.4, 0.5) is 0 Å². The molecule has 1 aliphatic rings. The number of aliphatic hydroxyl groups excluding tert-OH is 1. The third-order valence-corrected chi connectivity index (χ3v) is 4.14. The average Bonchev–Trinajstić information content (AvgIpc) is 2.47. The lowest BCUT2D eigenvalue weighted by molar-refractivity contribution is 0.155. The molecule has 1 unspecified atom stereocenters. The molecular formula is C17H17ClO2. The van der Waals surface area contributed by atoms with Crippen LogP contribution >= 0.6 is 11.6 Å². The Kier molecular flexibility index (Phi) is 3.95. The molecule has 2 aromatic carbocycles. The Bertz CT molecular complexity index is 610. The average molecular weight is 289 g/mol. The van der Waals surface area contributed by atoms with E-state index in [0.29, 0.717) is 6.61 Å². The smallest absolute Gasteiger partial charge is 0.123 e. The molecule has 0 heterocycles. The molecule has 2 nitrogen and oxygen atoms in total. The number of hydrogen-bond acceptors (Lipinski definition) is 2. The Labute approximate surface area is 124 Å². The van der Waals surface area contributed by atoms with E-state index in [1.807, 2.05) is 42.5 Å². The van der Waals surface area contributed by atoms with E-state index in [0.717, 1.165) is 46.7 Å². The van der Waals surface area contributed by atoms with Crippen molar-refractivity contribution in [1.82, 2.24) is 0 Å². The van der Waals surface area contributed by atoms with E-state index in [1.165, 1.54) is 0 Å². The van der Waals surface area contributed by atoms with Crippen molar-refractivity contribution in [2.45, 2.75) is 32.0 Å². The van der Waals surface area contributed by atoms with Crippen molar-refractivity contribution >= 4 is 11.6 Å². The van der Waals surface area contributed by atoms with E-state index in [1.54, 1.807) is 0 Å². The van der Waals surface area contributed by atoms with Crippen LogP contribution in [0.2, 0.25) is 5.02 Å². The Morgan fingerprint density at radius 2 is 2.00 bits per heavy atom. The number of ether oxygens (including phenoxy) is 1. The fourth-order valence-electron chi connectivity index (χ4n) is 2.70. The van der Waals surface area contributed by atoms with Gasteiger partial charge in [-0.15, -0.1) is 0 Å². The van der Waals surface area contributed by atoms with Gasteiger partial charge in [0, 0.05) is 10.6 Å². The van der Waals surface area contributed by atoms with Crippen LogP contribution in [0.25, 0.3) is 0 Å². The molecule has 1 aliphatic carbocycles. The maximum absolute atomic E-state index is 10.0. The summed E-state index contributed by atoms with van der Waals surface area (Å²) in [5.41, 5.74) is 3.12. The first-order valence-electron chi connectivity index (χ1n) is 6.92. The molecule has 20 heavy (non-hydrogen) atoms. The highest BCUT2D eigenvalue weighted by atomic mass is 35.5. The van der Waals surface area contributed by atoms with Crippen molar-refractivity contribution in [1.29, 1.82) is 0 Å². The molecule has 2 aromatic rings. The summed E-state index contributed by atoms with van der Waals surface area (Å²) in [6.07, 6.45) is 2.44. The molecular weight excluding hydrogens is 272 g/mol. The zero-order valence-electron chi connectivity index (χ0n) is 11.2. The van der Waals surface area contributed by atoms with Crippen molar-refractivity contribution < 1.29 is 9.84 Å². The molecule has 0 aliphatic heterocycles. The van der Waals surface area contributed by atoms with Crippen LogP contribution in [0.15, 0.2) is 42.5 Å². The molecule has 0 spiro atoms. The predicted molar refractivity (Wildman–Crippen MR) is 80.1 cm³/mol. The second-order valence-corrected chi connectivity index (χ2v) is 5.52. The summed E-state index contributed by atoms with van der Waals surface area (Å²) in [7, 11) is 0. The van der Waals surface area contributed by atoms with Gasteiger partial charge in [-0.2, -0.15) is 0 Å².